The summed E-state index contributed by atoms with van der Waals surface area (Å²) in [6, 6.07) is 12.5. The molecule has 28 heavy (non-hydrogen) atoms. The van der Waals surface area contributed by atoms with Crippen LogP contribution in [0.25, 0.3) is 11.5 Å². The lowest BCUT2D eigenvalue weighted by molar-refractivity contribution is -0.130. The molecule has 1 aliphatic rings. The van der Waals surface area contributed by atoms with Gasteiger partial charge in [-0.05, 0) is 49.1 Å². The van der Waals surface area contributed by atoms with Crippen molar-refractivity contribution in [1.82, 2.24) is 10.1 Å². The minimum absolute atomic E-state index is 0.173. The summed E-state index contributed by atoms with van der Waals surface area (Å²) >= 11 is 0. The number of nitrogens with zero attached hydrogens (tertiary/aromatic N) is 2. The number of aromatic nitrogens is 1. The standard InChI is InChI=1S/C21H21N3O4/c25-20(24-11-1-2-12-24)10-7-15-5-8-16(9-6-15)22-21(26)17-14-19(28-23-17)18-4-3-13-27-18/h3-6,8-9,13-14H,1-2,7,10-12H2,(H,22,26). The van der Waals surface area contributed by atoms with Gasteiger partial charge in [0.1, 0.15) is 0 Å². The first-order valence-corrected chi connectivity index (χ1v) is 9.38. The number of anilines is 1. The fourth-order valence-corrected chi connectivity index (χ4v) is 3.24. The van der Waals surface area contributed by atoms with E-state index < -0.39 is 0 Å². The Hall–Kier alpha value is -3.35. The van der Waals surface area contributed by atoms with Crippen LogP contribution < -0.4 is 5.32 Å². The molecule has 0 unspecified atom stereocenters. The number of furan rings is 1. The summed E-state index contributed by atoms with van der Waals surface area (Å²) in [7, 11) is 0. The van der Waals surface area contributed by atoms with E-state index >= 15 is 0 Å². The number of rotatable bonds is 6. The van der Waals surface area contributed by atoms with Crippen LogP contribution in [0.3, 0.4) is 0 Å². The summed E-state index contributed by atoms with van der Waals surface area (Å²) in [5, 5.41) is 6.57. The van der Waals surface area contributed by atoms with Gasteiger partial charge < -0.3 is 19.2 Å². The average Bonchev–Trinajstić information content (AvgIpc) is 3.49. The molecular formula is C21H21N3O4. The predicted molar refractivity (Wildman–Crippen MR) is 103 cm³/mol. The van der Waals surface area contributed by atoms with Crippen molar-refractivity contribution in [2.45, 2.75) is 25.7 Å². The Bertz CT molecular complexity index is 938. The van der Waals surface area contributed by atoms with Crippen molar-refractivity contribution >= 4 is 17.5 Å². The fraction of sp³-hybridized carbons (Fsp3) is 0.286. The molecule has 4 rings (SSSR count). The first-order valence-electron chi connectivity index (χ1n) is 9.38. The Morgan fingerprint density at radius 2 is 1.86 bits per heavy atom. The normalized spacial score (nSPS) is 13.6. The second-order valence-electron chi connectivity index (χ2n) is 6.79. The molecule has 1 saturated heterocycles. The fourth-order valence-electron chi connectivity index (χ4n) is 3.24. The maximum absolute atomic E-state index is 12.3. The third-order valence-electron chi connectivity index (χ3n) is 4.80. The molecule has 0 bridgehead atoms. The lowest BCUT2D eigenvalue weighted by atomic mass is 10.1. The van der Waals surface area contributed by atoms with Crippen LogP contribution in [-0.4, -0.2) is 35.0 Å². The first kappa shape index (κ1) is 18.0. The monoisotopic (exact) mass is 379 g/mol. The van der Waals surface area contributed by atoms with Gasteiger partial charge in [0.25, 0.3) is 5.91 Å². The number of amides is 2. The molecule has 0 atom stereocenters. The zero-order valence-corrected chi connectivity index (χ0v) is 15.4. The smallest absolute Gasteiger partial charge is 0.277 e. The van der Waals surface area contributed by atoms with E-state index in [-0.39, 0.29) is 17.5 Å². The van der Waals surface area contributed by atoms with Gasteiger partial charge in [-0.25, -0.2) is 0 Å². The van der Waals surface area contributed by atoms with Crippen molar-refractivity contribution in [3.05, 3.63) is 60.0 Å². The number of carbonyl (C=O) groups excluding carboxylic acids is 2. The molecule has 0 saturated carbocycles. The molecular weight excluding hydrogens is 358 g/mol. The molecule has 2 aromatic heterocycles. The highest BCUT2D eigenvalue weighted by molar-refractivity contribution is 6.03. The highest BCUT2D eigenvalue weighted by Gasteiger charge is 2.18. The second kappa shape index (κ2) is 8.12. The number of carbonyl (C=O) groups is 2. The Labute approximate surface area is 162 Å². The van der Waals surface area contributed by atoms with Crippen LogP contribution in [0, 0.1) is 0 Å². The largest absolute Gasteiger partial charge is 0.461 e. The van der Waals surface area contributed by atoms with Crippen LogP contribution in [0.15, 0.2) is 57.7 Å². The van der Waals surface area contributed by atoms with Gasteiger partial charge >= 0.3 is 0 Å². The molecule has 1 aromatic carbocycles. The predicted octanol–water partition coefficient (Wildman–Crippen LogP) is 3.74. The number of benzene rings is 1. The van der Waals surface area contributed by atoms with E-state index in [1.54, 1.807) is 12.1 Å². The zero-order chi connectivity index (χ0) is 19.3. The van der Waals surface area contributed by atoms with Gasteiger partial charge in [-0.1, -0.05) is 17.3 Å². The van der Waals surface area contributed by atoms with Crippen molar-refractivity contribution in [1.29, 1.82) is 0 Å². The van der Waals surface area contributed by atoms with Crippen molar-refractivity contribution in [3.8, 4) is 11.5 Å². The van der Waals surface area contributed by atoms with E-state index in [4.69, 9.17) is 8.94 Å². The van der Waals surface area contributed by atoms with Crippen LogP contribution in [0.4, 0.5) is 5.69 Å². The van der Waals surface area contributed by atoms with Crippen molar-refractivity contribution in [2.75, 3.05) is 18.4 Å². The maximum atomic E-state index is 12.3. The number of nitrogens with one attached hydrogen (secondary N) is 1. The van der Waals surface area contributed by atoms with Crippen molar-refractivity contribution in [3.63, 3.8) is 0 Å². The summed E-state index contributed by atoms with van der Waals surface area (Å²) in [6.07, 6.45) is 4.95. The van der Waals surface area contributed by atoms with Gasteiger partial charge in [0.2, 0.25) is 11.7 Å². The van der Waals surface area contributed by atoms with Gasteiger partial charge in [0.05, 0.1) is 6.26 Å². The molecule has 0 spiro atoms. The van der Waals surface area contributed by atoms with Gasteiger partial charge in [-0.15, -0.1) is 0 Å². The SMILES string of the molecule is O=C(Nc1ccc(CCC(=O)N2CCCC2)cc1)c1cc(-c2ccco2)on1. The number of likely N-dealkylation sites (tertiary alicyclic amines) is 1. The molecule has 144 valence electrons. The van der Waals surface area contributed by atoms with Gasteiger partial charge in [0.15, 0.2) is 11.5 Å². The van der Waals surface area contributed by atoms with E-state index in [1.807, 2.05) is 29.2 Å². The molecule has 3 aromatic rings. The maximum Gasteiger partial charge on any atom is 0.277 e. The van der Waals surface area contributed by atoms with Crippen LogP contribution in [-0.2, 0) is 11.2 Å². The average molecular weight is 379 g/mol. The molecule has 3 heterocycles. The Morgan fingerprint density at radius 3 is 2.57 bits per heavy atom. The van der Waals surface area contributed by atoms with Gasteiger partial charge in [-0.3, -0.25) is 9.59 Å². The second-order valence-corrected chi connectivity index (χ2v) is 6.79. The van der Waals surface area contributed by atoms with Crippen LogP contribution >= 0.6 is 0 Å². The Kier molecular flexibility index (Phi) is 5.23. The molecule has 7 heteroatoms. The summed E-state index contributed by atoms with van der Waals surface area (Å²) in [5.41, 5.74) is 1.89. The van der Waals surface area contributed by atoms with Gasteiger partial charge in [0, 0.05) is 31.3 Å². The topological polar surface area (TPSA) is 88.6 Å². The summed E-state index contributed by atoms with van der Waals surface area (Å²) < 4.78 is 10.4. The molecule has 2 amide bonds. The third-order valence-corrected chi connectivity index (χ3v) is 4.80. The van der Waals surface area contributed by atoms with Gasteiger partial charge in [-0.2, -0.15) is 0 Å². The first-order chi connectivity index (χ1) is 13.7. The molecule has 0 radical (unpaired) electrons. The lowest BCUT2D eigenvalue weighted by Crippen LogP contribution is -2.27. The van der Waals surface area contributed by atoms with E-state index in [0.29, 0.717) is 30.0 Å². The van der Waals surface area contributed by atoms with Crippen LogP contribution in [0.5, 0.6) is 0 Å². The van der Waals surface area contributed by atoms with Crippen molar-refractivity contribution < 1.29 is 18.5 Å². The quantitative estimate of drug-likeness (QED) is 0.705. The molecule has 0 aliphatic carbocycles. The van der Waals surface area contributed by atoms with Crippen LogP contribution in [0.2, 0.25) is 0 Å². The number of aryl methyl sites for hydroxylation is 1. The highest BCUT2D eigenvalue weighted by atomic mass is 16.5. The third kappa shape index (κ3) is 4.14. The Balaban J connectivity index is 1.31. The summed E-state index contributed by atoms with van der Waals surface area (Å²) in [5.74, 6) is 0.763. The highest BCUT2D eigenvalue weighted by Crippen LogP contribution is 2.21. The zero-order valence-electron chi connectivity index (χ0n) is 15.4. The molecule has 1 N–H and O–H groups in total. The van der Waals surface area contributed by atoms with E-state index in [9.17, 15) is 9.59 Å². The molecule has 7 nitrogen and oxygen atoms in total. The number of hydrogen-bond acceptors (Lipinski definition) is 5. The van der Waals surface area contributed by atoms with E-state index in [2.05, 4.69) is 10.5 Å². The molecule has 1 fully saturated rings. The lowest BCUT2D eigenvalue weighted by Gasteiger charge is -2.15. The Morgan fingerprint density at radius 1 is 1.07 bits per heavy atom. The van der Waals surface area contributed by atoms with Crippen molar-refractivity contribution in [2.24, 2.45) is 0 Å². The molecule has 1 aliphatic heterocycles. The minimum atomic E-state index is -0.362. The van der Waals surface area contributed by atoms with Crippen LogP contribution in [0.1, 0.15) is 35.3 Å². The summed E-state index contributed by atoms with van der Waals surface area (Å²) in [4.78, 5) is 26.4. The minimum Gasteiger partial charge on any atom is -0.461 e. The number of hydrogen-bond donors (Lipinski definition) is 1. The van der Waals surface area contributed by atoms with E-state index in [0.717, 1.165) is 31.5 Å². The summed E-state index contributed by atoms with van der Waals surface area (Å²) in [6.45, 7) is 1.76. The van der Waals surface area contributed by atoms with E-state index in [1.165, 1.54) is 12.3 Å².